The fourth-order valence-corrected chi connectivity index (χ4v) is 4.11. The fraction of sp³-hybridized carbons (Fsp3) is 1.00. The zero-order valence-corrected chi connectivity index (χ0v) is 11.9. The summed E-state index contributed by atoms with van der Waals surface area (Å²) in [4.78, 5) is 2.40. The molecule has 3 fully saturated rings. The zero-order chi connectivity index (χ0) is 13.2. The Morgan fingerprint density at radius 2 is 1.83 bits per heavy atom. The summed E-state index contributed by atoms with van der Waals surface area (Å²) in [7, 11) is 0. The van der Waals surface area contributed by atoms with Gasteiger partial charge in [-0.2, -0.15) is 0 Å². The third kappa shape index (κ3) is 1.53. The maximum atomic E-state index is 10.7. The van der Waals surface area contributed by atoms with Crippen LogP contribution in [0.4, 0.5) is 0 Å². The van der Waals surface area contributed by atoms with Gasteiger partial charge >= 0.3 is 0 Å². The number of nitrogens with zero attached hydrogens (tertiary/aromatic N) is 1. The topological polar surface area (TPSA) is 43.7 Å². The van der Waals surface area contributed by atoms with Crippen LogP contribution in [0, 0.1) is 17.3 Å². The second-order valence-electron chi connectivity index (χ2n) is 7.37. The molecule has 2 aliphatic carbocycles. The molecule has 1 atom stereocenters. The van der Waals surface area contributed by atoms with Gasteiger partial charge in [-0.05, 0) is 56.9 Å². The minimum absolute atomic E-state index is 0.125. The predicted molar refractivity (Wildman–Crippen MR) is 71.0 cm³/mol. The summed E-state index contributed by atoms with van der Waals surface area (Å²) >= 11 is 0. The highest BCUT2D eigenvalue weighted by Crippen LogP contribution is 2.66. The van der Waals surface area contributed by atoms with Gasteiger partial charge in [-0.3, -0.25) is 4.90 Å². The van der Waals surface area contributed by atoms with Gasteiger partial charge in [0.1, 0.15) is 0 Å². The summed E-state index contributed by atoms with van der Waals surface area (Å²) in [6.07, 6.45) is 6.13. The number of rotatable bonds is 4. The largest absolute Gasteiger partial charge is 0.364 e. The number of aliphatic hydroxyl groups is 2. The normalized spacial score (nSPS) is 35.7. The smallest absolute Gasteiger partial charge is 0.184 e. The van der Waals surface area contributed by atoms with E-state index in [4.69, 9.17) is 0 Å². The Kier molecular flexibility index (Phi) is 2.66. The molecule has 3 rings (SSSR count). The van der Waals surface area contributed by atoms with E-state index in [0.717, 1.165) is 25.4 Å². The van der Waals surface area contributed by atoms with Gasteiger partial charge in [0.15, 0.2) is 5.79 Å². The average Bonchev–Trinajstić information content (AvgIpc) is 3.17. The van der Waals surface area contributed by atoms with E-state index >= 15 is 0 Å². The first-order chi connectivity index (χ1) is 8.33. The monoisotopic (exact) mass is 253 g/mol. The molecule has 3 aliphatic rings. The van der Waals surface area contributed by atoms with Gasteiger partial charge in [0, 0.05) is 12.5 Å². The van der Waals surface area contributed by atoms with E-state index in [1.165, 1.54) is 25.7 Å². The van der Waals surface area contributed by atoms with Crippen molar-refractivity contribution < 1.29 is 10.2 Å². The lowest BCUT2D eigenvalue weighted by Crippen LogP contribution is -2.66. The van der Waals surface area contributed by atoms with Crippen LogP contribution in [0.5, 0.6) is 0 Å². The summed E-state index contributed by atoms with van der Waals surface area (Å²) in [5, 5.41) is 21.5. The Labute approximate surface area is 110 Å². The van der Waals surface area contributed by atoms with Gasteiger partial charge in [0.05, 0.1) is 5.54 Å². The molecule has 1 heterocycles. The van der Waals surface area contributed by atoms with Crippen molar-refractivity contribution in [3.63, 3.8) is 0 Å². The van der Waals surface area contributed by atoms with Crippen molar-refractivity contribution in [1.29, 1.82) is 0 Å². The molecular formula is C15H27NO2. The van der Waals surface area contributed by atoms with Crippen LogP contribution in [-0.2, 0) is 0 Å². The Bertz CT molecular complexity index is 344. The standard InChI is InChI=1S/C15H27NO2/c1-11(2)15(17,18)13(3)14(6-7-14)8-9-16(13)10-12-4-5-12/h11-12,17-18H,4-10H2,1-3H3/t13-/m1/s1. The first-order valence-corrected chi connectivity index (χ1v) is 7.53. The van der Waals surface area contributed by atoms with Gasteiger partial charge < -0.3 is 10.2 Å². The third-order valence-electron chi connectivity index (χ3n) is 6.08. The second kappa shape index (κ2) is 3.71. The molecule has 3 nitrogen and oxygen atoms in total. The van der Waals surface area contributed by atoms with E-state index in [1.54, 1.807) is 0 Å². The van der Waals surface area contributed by atoms with Gasteiger partial charge in [-0.25, -0.2) is 0 Å². The van der Waals surface area contributed by atoms with Crippen LogP contribution < -0.4 is 0 Å². The van der Waals surface area contributed by atoms with Crippen LogP contribution in [0.25, 0.3) is 0 Å². The molecule has 0 aromatic carbocycles. The number of likely N-dealkylation sites (tertiary alicyclic amines) is 1. The van der Waals surface area contributed by atoms with Crippen molar-refractivity contribution in [2.75, 3.05) is 13.1 Å². The second-order valence-corrected chi connectivity index (χ2v) is 7.37. The molecule has 0 aromatic heterocycles. The fourth-order valence-electron chi connectivity index (χ4n) is 4.11. The SMILES string of the molecule is CC(C)C(O)(O)[C@]1(C)N(CC2CC2)CCC12CC2. The molecule has 0 unspecified atom stereocenters. The van der Waals surface area contributed by atoms with Crippen molar-refractivity contribution in [1.82, 2.24) is 4.90 Å². The highest BCUT2D eigenvalue weighted by molar-refractivity contribution is 5.21. The van der Waals surface area contributed by atoms with Gasteiger partial charge in [-0.1, -0.05) is 13.8 Å². The van der Waals surface area contributed by atoms with E-state index in [9.17, 15) is 10.2 Å². The van der Waals surface area contributed by atoms with Crippen molar-refractivity contribution in [2.45, 2.75) is 64.2 Å². The molecule has 1 aliphatic heterocycles. The van der Waals surface area contributed by atoms with E-state index in [1.807, 2.05) is 13.8 Å². The molecule has 0 aromatic rings. The molecule has 2 saturated carbocycles. The van der Waals surface area contributed by atoms with E-state index < -0.39 is 11.3 Å². The van der Waals surface area contributed by atoms with Crippen molar-refractivity contribution in [2.24, 2.45) is 17.3 Å². The van der Waals surface area contributed by atoms with Gasteiger partial charge in [0.2, 0.25) is 0 Å². The highest BCUT2D eigenvalue weighted by Gasteiger charge is 2.71. The van der Waals surface area contributed by atoms with Crippen LogP contribution in [0.15, 0.2) is 0 Å². The maximum absolute atomic E-state index is 10.7. The van der Waals surface area contributed by atoms with Crippen molar-refractivity contribution >= 4 is 0 Å². The van der Waals surface area contributed by atoms with Crippen LogP contribution >= 0.6 is 0 Å². The molecule has 3 heteroatoms. The van der Waals surface area contributed by atoms with Crippen LogP contribution in [0.2, 0.25) is 0 Å². The Balaban J connectivity index is 1.91. The van der Waals surface area contributed by atoms with Crippen molar-refractivity contribution in [3.8, 4) is 0 Å². The first-order valence-electron chi connectivity index (χ1n) is 7.53. The predicted octanol–water partition coefficient (Wildman–Crippen LogP) is 1.98. The summed E-state index contributed by atoms with van der Waals surface area (Å²) in [6, 6.07) is 0. The lowest BCUT2D eigenvalue weighted by molar-refractivity contribution is -0.276. The summed E-state index contributed by atoms with van der Waals surface area (Å²) in [5.41, 5.74) is -0.271. The zero-order valence-electron chi connectivity index (χ0n) is 11.9. The van der Waals surface area contributed by atoms with Crippen LogP contribution in [0.1, 0.15) is 52.9 Å². The Hall–Kier alpha value is -0.120. The van der Waals surface area contributed by atoms with Crippen LogP contribution in [-0.4, -0.2) is 39.5 Å². The molecule has 0 bridgehead atoms. The summed E-state index contributed by atoms with van der Waals surface area (Å²) in [5.74, 6) is -0.893. The molecule has 104 valence electrons. The van der Waals surface area contributed by atoms with E-state index in [0.29, 0.717) is 0 Å². The van der Waals surface area contributed by atoms with Gasteiger partial charge in [-0.15, -0.1) is 0 Å². The quantitative estimate of drug-likeness (QED) is 0.753. The van der Waals surface area contributed by atoms with E-state index in [-0.39, 0.29) is 11.3 Å². The molecule has 0 amide bonds. The lowest BCUT2D eigenvalue weighted by Gasteiger charge is -2.50. The highest BCUT2D eigenvalue weighted by atomic mass is 16.5. The summed E-state index contributed by atoms with van der Waals surface area (Å²) in [6.45, 7) is 8.07. The van der Waals surface area contributed by atoms with Crippen LogP contribution in [0.3, 0.4) is 0 Å². The van der Waals surface area contributed by atoms with Gasteiger partial charge in [0.25, 0.3) is 0 Å². The molecular weight excluding hydrogens is 226 g/mol. The molecule has 1 spiro atoms. The molecule has 18 heavy (non-hydrogen) atoms. The maximum Gasteiger partial charge on any atom is 0.184 e. The Morgan fingerprint density at radius 1 is 1.22 bits per heavy atom. The van der Waals surface area contributed by atoms with E-state index in [2.05, 4.69) is 11.8 Å². The number of hydrogen-bond acceptors (Lipinski definition) is 3. The first kappa shape index (κ1) is 12.9. The molecule has 2 N–H and O–H groups in total. The van der Waals surface area contributed by atoms with Crippen molar-refractivity contribution in [3.05, 3.63) is 0 Å². The Morgan fingerprint density at radius 3 is 2.28 bits per heavy atom. The molecule has 0 radical (unpaired) electrons. The minimum atomic E-state index is -1.57. The molecule has 1 saturated heterocycles. The minimum Gasteiger partial charge on any atom is -0.364 e. The number of hydrogen-bond donors (Lipinski definition) is 2. The summed E-state index contributed by atoms with van der Waals surface area (Å²) < 4.78 is 0. The lowest BCUT2D eigenvalue weighted by atomic mass is 9.72. The third-order valence-corrected chi connectivity index (χ3v) is 6.08. The average molecular weight is 253 g/mol.